The zero-order chi connectivity index (χ0) is 17.0. The lowest BCUT2D eigenvalue weighted by atomic mass is 9.83. The Balaban J connectivity index is 2.17. The smallest absolute Gasteiger partial charge is 0.113 e. The molecule has 2 aliphatic heterocycles. The molecule has 23 heavy (non-hydrogen) atoms. The standard InChI is InChI=1S/C21H32OSi/c1-8-9-11-21-12-10-17(22-21)19-16(21)13-15(2)14-18(19)23(6,7)20(3,4)5/h10,12-14,17H,8-9,11H2,1-7H3. The van der Waals surface area contributed by atoms with Crippen molar-refractivity contribution in [3.05, 3.63) is 41.0 Å². The molecule has 1 aromatic carbocycles. The topological polar surface area (TPSA) is 9.23 Å². The fourth-order valence-electron chi connectivity index (χ4n) is 3.95. The van der Waals surface area contributed by atoms with Crippen LogP contribution in [0.2, 0.25) is 18.1 Å². The van der Waals surface area contributed by atoms with Gasteiger partial charge in [-0.3, -0.25) is 0 Å². The number of ether oxygens (including phenoxy) is 1. The average Bonchev–Trinajstić information content (AvgIpc) is 3.00. The lowest BCUT2D eigenvalue weighted by Gasteiger charge is -2.39. The van der Waals surface area contributed by atoms with Crippen LogP contribution in [0.1, 0.15) is 69.8 Å². The molecule has 2 unspecified atom stereocenters. The van der Waals surface area contributed by atoms with Crippen molar-refractivity contribution in [2.24, 2.45) is 0 Å². The summed E-state index contributed by atoms with van der Waals surface area (Å²) in [5, 5.41) is 1.96. The van der Waals surface area contributed by atoms with Crippen LogP contribution < -0.4 is 5.19 Å². The predicted molar refractivity (Wildman–Crippen MR) is 102 cm³/mol. The fourth-order valence-corrected chi connectivity index (χ4v) is 6.29. The van der Waals surface area contributed by atoms with Crippen molar-refractivity contribution in [2.45, 2.75) is 83.7 Å². The van der Waals surface area contributed by atoms with E-state index in [-0.39, 0.29) is 11.7 Å². The summed E-state index contributed by atoms with van der Waals surface area (Å²) >= 11 is 0. The van der Waals surface area contributed by atoms with Gasteiger partial charge in [-0.15, -0.1) is 0 Å². The van der Waals surface area contributed by atoms with E-state index in [9.17, 15) is 0 Å². The van der Waals surface area contributed by atoms with Gasteiger partial charge >= 0.3 is 0 Å². The van der Waals surface area contributed by atoms with Crippen molar-refractivity contribution in [3.8, 4) is 0 Å². The lowest BCUT2D eigenvalue weighted by molar-refractivity contribution is -0.00984. The molecule has 1 nitrogen and oxygen atoms in total. The highest BCUT2D eigenvalue weighted by atomic mass is 28.3. The van der Waals surface area contributed by atoms with Crippen molar-refractivity contribution in [3.63, 3.8) is 0 Å². The van der Waals surface area contributed by atoms with Crippen LogP contribution >= 0.6 is 0 Å². The number of hydrogen-bond acceptors (Lipinski definition) is 1. The highest BCUT2D eigenvalue weighted by Crippen LogP contribution is 2.53. The maximum absolute atomic E-state index is 6.55. The van der Waals surface area contributed by atoms with E-state index in [2.05, 4.69) is 72.0 Å². The molecule has 2 bridgehead atoms. The Kier molecular flexibility index (Phi) is 3.93. The fraction of sp³-hybridized carbons (Fsp3) is 0.619. The number of aryl methyl sites for hydroxylation is 1. The molecule has 2 atom stereocenters. The first-order valence-corrected chi connectivity index (χ1v) is 12.1. The van der Waals surface area contributed by atoms with Crippen LogP contribution in [0.25, 0.3) is 0 Å². The third kappa shape index (κ3) is 2.46. The third-order valence-electron chi connectivity index (χ3n) is 6.39. The van der Waals surface area contributed by atoms with E-state index in [1.54, 1.807) is 5.19 Å². The van der Waals surface area contributed by atoms with Crippen LogP contribution in [-0.4, -0.2) is 8.07 Å². The average molecular weight is 329 g/mol. The van der Waals surface area contributed by atoms with E-state index >= 15 is 0 Å². The largest absolute Gasteiger partial charge is 0.354 e. The van der Waals surface area contributed by atoms with Crippen molar-refractivity contribution in [1.29, 1.82) is 0 Å². The summed E-state index contributed by atoms with van der Waals surface area (Å²) in [4.78, 5) is 0. The second-order valence-electron chi connectivity index (χ2n) is 9.04. The van der Waals surface area contributed by atoms with Crippen LogP contribution in [0, 0.1) is 6.92 Å². The number of rotatable bonds is 4. The van der Waals surface area contributed by atoms with E-state index in [1.807, 2.05) is 0 Å². The zero-order valence-corrected chi connectivity index (χ0v) is 16.9. The van der Waals surface area contributed by atoms with Crippen LogP contribution in [-0.2, 0) is 10.3 Å². The molecule has 0 aromatic heterocycles. The lowest BCUT2D eigenvalue weighted by Crippen LogP contribution is -2.51. The van der Waals surface area contributed by atoms with E-state index in [0.29, 0.717) is 5.04 Å². The Bertz CT molecular complexity index is 651. The van der Waals surface area contributed by atoms with Crippen LogP contribution in [0.3, 0.4) is 0 Å². The summed E-state index contributed by atoms with van der Waals surface area (Å²) < 4.78 is 6.55. The summed E-state index contributed by atoms with van der Waals surface area (Å²) in [7, 11) is -1.58. The van der Waals surface area contributed by atoms with Gasteiger partial charge in [0.1, 0.15) is 11.7 Å². The summed E-state index contributed by atoms with van der Waals surface area (Å²) in [6, 6.07) is 4.85. The molecule has 0 saturated heterocycles. The molecule has 0 spiro atoms. The molecule has 2 aliphatic rings. The molecule has 0 amide bonds. The molecular formula is C21H32OSi. The van der Waals surface area contributed by atoms with E-state index in [0.717, 1.165) is 6.42 Å². The molecule has 0 aliphatic carbocycles. The highest BCUT2D eigenvalue weighted by molar-refractivity contribution is 6.92. The van der Waals surface area contributed by atoms with E-state index in [1.165, 1.54) is 29.5 Å². The van der Waals surface area contributed by atoms with E-state index < -0.39 is 8.07 Å². The maximum atomic E-state index is 6.55. The number of unbranched alkanes of at least 4 members (excludes halogenated alkanes) is 1. The summed E-state index contributed by atoms with van der Waals surface area (Å²) in [5.41, 5.74) is 4.24. The maximum Gasteiger partial charge on any atom is 0.113 e. The van der Waals surface area contributed by atoms with Gasteiger partial charge in [-0.1, -0.05) is 82.6 Å². The normalized spacial score (nSPS) is 26.0. The second-order valence-corrected chi connectivity index (χ2v) is 14.3. The van der Waals surface area contributed by atoms with Gasteiger partial charge in [-0.2, -0.15) is 0 Å². The Hall–Kier alpha value is -0.863. The van der Waals surface area contributed by atoms with Crippen molar-refractivity contribution in [1.82, 2.24) is 0 Å². The second kappa shape index (κ2) is 5.32. The van der Waals surface area contributed by atoms with Gasteiger partial charge in [0.2, 0.25) is 0 Å². The highest BCUT2D eigenvalue weighted by Gasteiger charge is 2.50. The molecule has 2 heterocycles. The molecule has 0 radical (unpaired) electrons. The van der Waals surface area contributed by atoms with E-state index in [4.69, 9.17) is 4.74 Å². The summed E-state index contributed by atoms with van der Waals surface area (Å²) in [5.74, 6) is 0. The van der Waals surface area contributed by atoms with Crippen LogP contribution in [0.15, 0.2) is 24.3 Å². The minimum absolute atomic E-state index is 0.140. The number of hydrogen-bond donors (Lipinski definition) is 0. The molecule has 0 N–H and O–H groups in total. The molecule has 0 fully saturated rings. The van der Waals surface area contributed by atoms with Gasteiger partial charge in [0.05, 0.1) is 8.07 Å². The number of fused-ring (bicyclic) bond motifs is 5. The Labute approximate surface area is 143 Å². The Morgan fingerprint density at radius 2 is 1.91 bits per heavy atom. The van der Waals surface area contributed by atoms with Gasteiger partial charge in [-0.25, -0.2) is 0 Å². The van der Waals surface area contributed by atoms with Gasteiger partial charge in [0, 0.05) is 0 Å². The molecular weight excluding hydrogens is 296 g/mol. The Morgan fingerprint density at radius 1 is 1.22 bits per heavy atom. The van der Waals surface area contributed by atoms with Gasteiger partial charge in [0.25, 0.3) is 0 Å². The van der Waals surface area contributed by atoms with Gasteiger partial charge < -0.3 is 4.74 Å². The van der Waals surface area contributed by atoms with Gasteiger partial charge in [0.15, 0.2) is 0 Å². The van der Waals surface area contributed by atoms with Crippen molar-refractivity contribution >= 4 is 13.3 Å². The zero-order valence-electron chi connectivity index (χ0n) is 15.9. The Morgan fingerprint density at radius 3 is 2.52 bits per heavy atom. The quantitative estimate of drug-likeness (QED) is 0.506. The minimum atomic E-state index is -1.58. The predicted octanol–water partition coefficient (Wildman–Crippen LogP) is 5.74. The van der Waals surface area contributed by atoms with Crippen molar-refractivity contribution < 1.29 is 4.74 Å². The molecule has 1 aromatic rings. The molecule has 2 heteroatoms. The number of benzene rings is 1. The molecule has 126 valence electrons. The summed E-state index contributed by atoms with van der Waals surface area (Å²) in [6.45, 7) is 16.8. The minimum Gasteiger partial charge on any atom is -0.354 e. The SMILES string of the molecule is CCCCC12C=CC(O1)c1c2cc(C)cc1[Si](C)(C)C(C)(C)C. The third-order valence-corrected chi connectivity index (χ3v) is 11.9. The van der Waals surface area contributed by atoms with Crippen LogP contribution in [0.5, 0.6) is 0 Å². The first-order valence-electron chi connectivity index (χ1n) is 9.15. The summed E-state index contributed by atoms with van der Waals surface area (Å²) in [6.07, 6.45) is 8.39. The van der Waals surface area contributed by atoms with Gasteiger partial charge in [-0.05, 0) is 35.6 Å². The first-order chi connectivity index (χ1) is 10.6. The van der Waals surface area contributed by atoms with Crippen molar-refractivity contribution in [2.75, 3.05) is 0 Å². The molecule has 3 rings (SSSR count). The van der Waals surface area contributed by atoms with Crippen LogP contribution in [0.4, 0.5) is 0 Å². The molecule has 0 saturated carbocycles. The first kappa shape index (κ1) is 17.0. The monoisotopic (exact) mass is 328 g/mol.